The molecule has 28 heavy (non-hydrogen) atoms. The maximum Gasteiger partial charge on any atom is 0.252 e. The predicted molar refractivity (Wildman–Crippen MR) is 108 cm³/mol. The number of hydrogen-bond acceptors (Lipinski definition) is 4. The van der Waals surface area contributed by atoms with Crippen LogP contribution in [0.3, 0.4) is 0 Å². The van der Waals surface area contributed by atoms with E-state index in [4.69, 9.17) is 9.15 Å². The first-order valence-electron chi connectivity index (χ1n) is 9.03. The van der Waals surface area contributed by atoms with E-state index in [9.17, 15) is 4.79 Å². The molecule has 0 aliphatic rings. The summed E-state index contributed by atoms with van der Waals surface area (Å²) < 4.78 is 10.6. The Labute approximate surface area is 163 Å². The molecule has 0 saturated carbocycles. The van der Waals surface area contributed by atoms with Crippen molar-refractivity contribution in [2.45, 2.75) is 13.2 Å². The number of benzene rings is 2. The molecular weight excluding hydrogens is 352 g/mol. The van der Waals surface area contributed by atoms with E-state index in [0.717, 1.165) is 22.0 Å². The average Bonchev–Trinajstić information content (AvgIpc) is 3.27. The zero-order chi connectivity index (χ0) is 19.3. The van der Waals surface area contributed by atoms with Gasteiger partial charge in [-0.25, -0.2) is 4.98 Å². The Morgan fingerprint density at radius 3 is 2.71 bits per heavy atom. The van der Waals surface area contributed by atoms with Crippen molar-refractivity contribution in [1.82, 2.24) is 10.3 Å². The largest absolute Gasteiger partial charge is 0.463 e. The van der Waals surface area contributed by atoms with Crippen LogP contribution in [-0.2, 0) is 17.9 Å². The lowest BCUT2D eigenvalue weighted by Crippen LogP contribution is -2.23. The minimum atomic E-state index is -0.149. The third-order valence-corrected chi connectivity index (χ3v) is 4.49. The number of para-hydroxylation sites is 1. The monoisotopic (exact) mass is 372 g/mol. The summed E-state index contributed by atoms with van der Waals surface area (Å²) in [6.07, 6.45) is 1.60. The standard InChI is InChI=1S/C23H20N2O3/c1-27-15-17-7-4-6-16(12-17)14-24-23(26)19-13-21(22-10-5-11-28-22)25-20-9-3-2-8-18(19)20/h2-13H,14-15H2,1H3,(H,24,26). The van der Waals surface area contributed by atoms with Gasteiger partial charge in [-0.15, -0.1) is 0 Å². The topological polar surface area (TPSA) is 64.4 Å². The van der Waals surface area contributed by atoms with E-state index in [1.807, 2.05) is 54.6 Å². The highest BCUT2D eigenvalue weighted by atomic mass is 16.5. The number of methoxy groups -OCH3 is 1. The average molecular weight is 372 g/mol. The van der Waals surface area contributed by atoms with E-state index in [-0.39, 0.29) is 5.91 Å². The molecule has 5 nitrogen and oxygen atoms in total. The van der Waals surface area contributed by atoms with Gasteiger partial charge < -0.3 is 14.5 Å². The number of pyridine rings is 1. The Balaban J connectivity index is 1.62. The maximum atomic E-state index is 13.0. The van der Waals surface area contributed by atoms with Crippen molar-refractivity contribution < 1.29 is 13.9 Å². The summed E-state index contributed by atoms with van der Waals surface area (Å²) in [5.74, 6) is 0.482. The van der Waals surface area contributed by atoms with Crippen molar-refractivity contribution in [2.75, 3.05) is 7.11 Å². The van der Waals surface area contributed by atoms with Crippen LogP contribution in [0, 0.1) is 0 Å². The second kappa shape index (κ2) is 8.06. The molecule has 0 aliphatic heterocycles. The fourth-order valence-electron chi connectivity index (χ4n) is 3.19. The van der Waals surface area contributed by atoms with Gasteiger partial charge in [0.25, 0.3) is 5.91 Å². The molecule has 4 aromatic rings. The molecule has 2 aromatic heterocycles. The molecule has 0 atom stereocenters. The molecule has 0 radical (unpaired) electrons. The zero-order valence-corrected chi connectivity index (χ0v) is 15.5. The van der Waals surface area contributed by atoms with Crippen LogP contribution in [0.2, 0.25) is 0 Å². The van der Waals surface area contributed by atoms with Crippen LogP contribution in [0.15, 0.2) is 77.4 Å². The lowest BCUT2D eigenvalue weighted by molar-refractivity contribution is 0.0952. The fraction of sp³-hybridized carbons (Fsp3) is 0.130. The van der Waals surface area contributed by atoms with Crippen molar-refractivity contribution in [3.63, 3.8) is 0 Å². The smallest absolute Gasteiger partial charge is 0.252 e. The van der Waals surface area contributed by atoms with E-state index in [1.165, 1.54) is 0 Å². The minimum Gasteiger partial charge on any atom is -0.463 e. The van der Waals surface area contributed by atoms with Crippen LogP contribution in [0.5, 0.6) is 0 Å². The van der Waals surface area contributed by atoms with E-state index in [2.05, 4.69) is 10.3 Å². The molecule has 0 fully saturated rings. The number of hydrogen-bond donors (Lipinski definition) is 1. The summed E-state index contributed by atoms with van der Waals surface area (Å²) in [5, 5.41) is 3.82. The van der Waals surface area contributed by atoms with Crippen LogP contribution < -0.4 is 5.32 Å². The Hall–Kier alpha value is -3.44. The van der Waals surface area contributed by atoms with Crippen molar-refractivity contribution >= 4 is 16.8 Å². The lowest BCUT2D eigenvalue weighted by atomic mass is 10.1. The van der Waals surface area contributed by atoms with Crippen LogP contribution in [0.4, 0.5) is 0 Å². The van der Waals surface area contributed by atoms with Crippen molar-refractivity contribution in [1.29, 1.82) is 0 Å². The van der Waals surface area contributed by atoms with Crippen molar-refractivity contribution in [2.24, 2.45) is 0 Å². The molecule has 0 saturated heterocycles. The third kappa shape index (κ3) is 3.80. The third-order valence-electron chi connectivity index (χ3n) is 4.49. The van der Waals surface area contributed by atoms with Gasteiger partial charge in [0, 0.05) is 19.0 Å². The molecule has 1 N–H and O–H groups in total. The van der Waals surface area contributed by atoms with Crippen LogP contribution in [0.25, 0.3) is 22.4 Å². The van der Waals surface area contributed by atoms with Gasteiger partial charge in [0.15, 0.2) is 5.76 Å². The molecule has 2 aromatic carbocycles. The SMILES string of the molecule is COCc1cccc(CNC(=O)c2cc(-c3ccco3)nc3ccccc23)c1. The first kappa shape index (κ1) is 17.9. The van der Waals surface area contributed by atoms with Crippen LogP contribution >= 0.6 is 0 Å². The maximum absolute atomic E-state index is 13.0. The molecule has 0 aliphatic carbocycles. The van der Waals surface area contributed by atoms with Gasteiger partial charge in [0.1, 0.15) is 5.69 Å². The van der Waals surface area contributed by atoms with Gasteiger partial charge in [0.2, 0.25) is 0 Å². The number of rotatable bonds is 6. The van der Waals surface area contributed by atoms with E-state index < -0.39 is 0 Å². The Bertz CT molecular complexity index is 1100. The molecule has 0 spiro atoms. The molecular formula is C23H20N2O3. The molecule has 2 heterocycles. The Kier molecular flexibility index (Phi) is 5.17. The molecule has 4 rings (SSSR count). The second-order valence-electron chi connectivity index (χ2n) is 6.49. The first-order valence-corrected chi connectivity index (χ1v) is 9.03. The molecule has 5 heteroatoms. The van der Waals surface area contributed by atoms with Gasteiger partial charge in [-0.3, -0.25) is 4.79 Å². The van der Waals surface area contributed by atoms with Gasteiger partial charge in [-0.2, -0.15) is 0 Å². The van der Waals surface area contributed by atoms with Crippen molar-refractivity contribution in [3.05, 3.63) is 89.7 Å². The van der Waals surface area contributed by atoms with Crippen LogP contribution in [0.1, 0.15) is 21.5 Å². The highest BCUT2D eigenvalue weighted by Gasteiger charge is 2.15. The zero-order valence-electron chi connectivity index (χ0n) is 15.5. The minimum absolute atomic E-state index is 0.149. The summed E-state index contributed by atoms with van der Waals surface area (Å²) in [4.78, 5) is 17.6. The van der Waals surface area contributed by atoms with Gasteiger partial charge in [-0.1, -0.05) is 42.5 Å². The van der Waals surface area contributed by atoms with E-state index in [0.29, 0.717) is 30.2 Å². The van der Waals surface area contributed by atoms with Crippen LogP contribution in [-0.4, -0.2) is 18.0 Å². The number of nitrogens with zero attached hydrogens (tertiary/aromatic N) is 1. The summed E-state index contributed by atoms with van der Waals surface area (Å²) >= 11 is 0. The number of fused-ring (bicyclic) bond motifs is 1. The number of ether oxygens (including phenoxy) is 1. The summed E-state index contributed by atoms with van der Waals surface area (Å²) in [7, 11) is 1.67. The first-order chi connectivity index (χ1) is 13.7. The molecule has 140 valence electrons. The van der Waals surface area contributed by atoms with Gasteiger partial charge >= 0.3 is 0 Å². The molecule has 0 unspecified atom stereocenters. The Morgan fingerprint density at radius 1 is 1.04 bits per heavy atom. The number of nitrogens with one attached hydrogen (secondary N) is 1. The highest BCUT2D eigenvalue weighted by molar-refractivity contribution is 6.07. The summed E-state index contributed by atoms with van der Waals surface area (Å²) in [6, 6.07) is 21.0. The number of carbonyl (C=O) groups is 1. The Morgan fingerprint density at radius 2 is 1.89 bits per heavy atom. The lowest BCUT2D eigenvalue weighted by Gasteiger charge is -2.10. The number of aromatic nitrogens is 1. The van der Waals surface area contributed by atoms with Gasteiger partial charge in [0.05, 0.1) is 24.0 Å². The van der Waals surface area contributed by atoms with Gasteiger partial charge in [-0.05, 0) is 35.4 Å². The highest BCUT2D eigenvalue weighted by Crippen LogP contribution is 2.25. The predicted octanol–water partition coefficient (Wildman–Crippen LogP) is 4.57. The molecule has 0 bridgehead atoms. The molecule has 1 amide bonds. The number of carbonyl (C=O) groups excluding carboxylic acids is 1. The second-order valence-corrected chi connectivity index (χ2v) is 6.49. The quantitative estimate of drug-likeness (QED) is 0.538. The number of furan rings is 1. The van der Waals surface area contributed by atoms with E-state index >= 15 is 0 Å². The summed E-state index contributed by atoms with van der Waals surface area (Å²) in [6.45, 7) is 0.979. The fourth-order valence-corrected chi connectivity index (χ4v) is 3.19. The van der Waals surface area contributed by atoms with E-state index in [1.54, 1.807) is 25.5 Å². The summed E-state index contributed by atoms with van der Waals surface area (Å²) in [5.41, 5.74) is 4.06. The normalized spacial score (nSPS) is 10.9. The number of amides is 1. The van der Waals surface area contributed by atoms with Crippen molar-refractivity contribution in [3.8, 4) is 11.5 Å².